The minimum atomic E-state index is 0.223. The molecule has 2 heterocycles. The van der Waals surface area contributed by atoms with Gasteiger partial charge in [-0.15, -0.1) is 5.10 Å². The fraction of sp³-hybridized carbons (Fsp3) is 0.636. The Bertz CT molecular complexity index is 331. The van der Waals surface area contributed by atoms with Crippen LogP contribution in [0.1, 0.15) is 25.0 Å². The third kappa shape index (κ3) is 2.90. The molecule has 0 aromatic carbocycles. The smallest absolute Gasteiger partial charge is 0.151 e. The van der Waals surface area contributed by atoms with Crippen LogP contribution in [-0.4, -0.2) is 39.4 Å². The quantitative estimate of drug-likeness (QED) is 0.871. The van der Waals surface area contributed by atoms with Crippen LogP contribution in [0.25, 0.3) is 0 Å². The normalized spacial score (nSPS) is 22.2. The summed E-state index contributed by atoms with van der Waals surface area (Å²) in [4.78, 5) is 2.27. The lowest BCUT2D eigenvalue weighted by Crippen LogP contribution is -2.41. The van der Waals surface area contributed by atoms with E-state index in [0.29, 0.717) is 5.15 Å². The lowest BCUT2D eigenvalue weighted by atomic mass is 10.0. The molecule has 0 amide bonds. The van der Waals surface area contributed by atoms with E-state index < -0.39 is 0 Å². The minimum Gasteiger partial charge on any atom is -0.395 e. The van der Waals surface area contributed by atoms with Crippen molar-refractivity contribution in [3.8, 4) is 0 Å². The van der Waals surface area contributed by atoms with Gasteiger partial charge in [-0.05, 0) is 31.5 Å². The summed E-state index contributed by atoms with van der Waals surface area (Å²) in [5.74, 6) is 0. The Labute approximate surface area is 100 Å². The van der Waals surface area contributed by atoms with Crippen molar-refractivity contribution in [2.45, 2.75) is 31.8 Å². The molecule has 1 aliphatic heterocycles. The van der Waals surface area contributed by atoms with E-state index in [0.717, 1.165) is 25.2 Å². The topological polar surface area (TPSA) is 49.2 Å². The lowest BCUT2D eigenvalue weighted by molar-refractivity contribution is 0.0828. The zero-order valence-corrected chi connectivity index (χ0v) is 9.90. The van der Waals surface area contributed by atoms with Crippen LogP contribution in [0.5, 0.6) is 0 Å². The average molecular weight is 242 g/mol. The van der Waals surface area contributed by atoms with Gasteiger partial charge in [0.1, 0.15) is 0 Å². The van der Waals surface area contributed by atoms with Crippen molar-refractivity contribution in [1.82, 2.24) is 15.1 Å². The third-order valence-electron chi connectivity index (χ3n) is 3.01. The predicted molar refractivity (Wildman–Crippen MR) is 62.2 cm³/mol. The molecular formula is C11H16ClN3O. The summed E-state index contributed by atoms with van der Waals surface area (Å²) in [5.41, 5.74) is 0.907. The molecule has 5 heteroatoms. The van der Waals surface area contributed by atoms with E-state index in [2.05, 4.69) is 15.1 Å². The van der Waals surface area contributed by atoms with Gasteiger partial charge < -0.3 is 5.11 Å². The summed E-state index contributed by atoms with van der Waals surface area (Å²) in [7, 11) is 0. The van der Waals surface area contributed by atoms with Gasteiger partial charge in [-0.1, -0.05) is 18.0 Å². The van der Waals surface area contributed by atoms with Crippen molar-refractivity contribution >= 4 is 11.6 Å². The van der Waals surface area contributed by atoms with Crippen LogP contribution in [0.4, 0.5) is 0 Å². The monoisotopic (exact) mass is 241 g/mol. The largest absolute Gasteiger partial charge is 0.395 e. The van der Waals surface area contributed by atoms with E-state index in [1.54, 1.807) is 6.07 Å². The molecule has 0 radical (unpaired) electrons. The van der Waals surface area contributed by atoms with E-state index in [4.69, 9.17) is 11.6 Å². The fourth-order valence-corrected chi connectivity index (χ4v) is 2.21. The van der Waals surface area contributed by atoms with Crippen molar-refractivity contribution in [2.75, 3.05) is 13.2 Å². The van der Waals surface area contributed by atoms with Crippen LogP contribution in [0.2, 0.25) is 5.15 Å². The van der Waals surface area contributed by atoms with E-state index in [1.807, 2.05) is 6.07 Å². The van der Waals surface area contributed by atoms with E-state index in [1.165, 1.54) is 12.8 Å². The Morgan fingerprint density at radius 3 is 2.94 bits per heavy atom. The molecule has 1 aromatic heterocycles. The highest BCUT2D eigenvalue weighted by Gasteiger charge is 2.21. The second-order valence-corrected chi connectivity index (χ2v) is 4.54. The van der Waals surface area contributed by atoms with Gasteiger partial charge in [0.2, 0.25) is 0 Å². The Morgan fingerprint density at radius 1 is 1.38 bits per heavy atom. The van der Waals surface area contributed by atoms with Gasteiger partial charge >= 0.3 is 0 Å². The molecule has 1 aliphatic rings. The molecule has 0 aliphatic carbocycles. The Hall–Kier alpha value is -0.710. The number of hydrogen-bond donors (Lipinski definition) is 1. The zero-order chi connectivity index (χ0) is 11.4. The fourth-order valence-electron chi connectivity index (χ4n) is 2.11. The van der Waals surface area contributed by atoms with Crippen LogP contribution < -0.4 is 0 Å². The molecular weight excluding hydrogens is 226 g/mol. The first-order valence-corrected chi connectivity index (χ1v) is 6.00. The molecule has 0 saturated carbocycles. The maximum Gasteiger partial charge on any atom is 0.151 e. The number of nitrogens with zero attached hydrogens (tertiary/aromatic N) is 3. The minimum absolute atomic E-state index is 0.223. The Balaban J connectivity index is 1.99. The number of rotatable bonds is 3. The first-order chi connectivity index (χ1) is 7.79. The van der Waals surface area contributed by atoms with Crippen molar-refractivity contribution in [3.05, 3.63) is 23.0 Å². The molecule has 1 fully saturated rings. The van der Waals surface area contributed by atoms with E-state index in [9.17, 15) is 5.11 Å². The summed E-state index contributed by atoms with van der Waals surface area (Å²) < 4.78 is 0. The standard InChI is InChI=1S/C11H16ClN3O/c12-11-5-4-9(13-14-11)7-15-6-2-1-3-10(15)8-16/h4-5,10,16H,1-3,6-8H2. The highest BCUT2D eigenvalue weighted by atomic mass is 35.5. The van der Waals surface area contributed by atoms with Crippen LogP contribution in [0.15, 0.2) is 12.1 Å². The maximum absolute atomic E-state index is 9.28. The van der Waals surface area contributed by atoms with Gasteiger partial charge in [-0.2, -0.15) is 5.10 Å². The predicted octanol–water partition coefficient (Wildman–Crippen LogP) is 1.48. The van der Waals surface area contributed by atoms with Crippen LogP contribution in [0, 0.1) is 0 Å². The van der Waals surface area contributed by atoms with Gasteiger partial charge in [0, 0.05) is 12.6 Å². The molecule has 4 nitrogen and oxygen atoms in total. The molecule has 2 rings (SSSR count). The first-order valence-electron chi connectivity index (χ1n) is 5.62. The number of aliphatic hydroxyl groups is 1. The maximum atomic E-state index is 9.28. The van der Waals surface area contributed by atoms with Crippen molar-refractivity contribution in [3.63, 3.8) is 0 Å². The van der Waals surface area contributed by atoms with Gasteiger partial charge in [0.05, 0.1) is 12.3 Å². The Morgan fingerprint density at radius 2 is 2.25 bits per heavy atom. The summed E-state index contributed by atoms with van der Waals surface area (Å²) >= 11 is 5.68. The third-order valence-corrected chi connectivity index (χ3v) is 3.21. The van der Waals surface area contributed by atoms with E-state index in [-0.39, 0.29) is 12.6 Å². The molecule has 0 bridgehead atoms. The summed E-state index contributed by atoms with van der Waals surface area (Å²) in [5, 5.41) is 17.6. The SMILES string of the molecule is OCC1CCCCN1Cc1ccc(Cl)nn1. The lowest BCUT2D eigenvalue weighted by Gasteiger charge is -2.34. The molecule has 1 aromatic rings. The molecule has 1 saturated heterocycles. The summed E-state index contributed by atoms with van der Waals surface area (Å²) in [6.07, 6.45) is 3.46. The number of likely N-dealkylation sites (tertiary alicyclic amines) is 1. The number of hydrogen-bond acceptors (Lipinski definition) is 4. The second-order valence-electron chi connectivity index (χ2n) is 4.15. The number of aromatic nitrogens is 2. The van der Waals surface area contributed by atoms with Gasteiger partial charge in [-0.3, -0.25) is 4.90 Å². The van der Waals surface area contributed by atoms with Crippen molar-refractivity contribution < 1.29 is 5.11 Å². The average Bonchev–Trinajstić information content (AvgIpc) is 2.33. The van der Waals surface area contributed by atoms with Gasteiger partial charge in [-0.25, -0.2) is 0 Å². The molecule has 1 atom stereocenters. The number of piperidine rings is 1. The molecule has 0 spiro atoms. The molecule has 1 N–H and O–H groups in total. The highest BCUT2D eigenvalue weighted by molar-refractivity contribution is 6.29. The van der Waals surface area contributed by atoms with Crippen LogP contribution >= 0.6 is 11.6 Å². The number of aliphatic hydroxyl groups excluding tert-OH is 1. The Kier molecular flexibility index (Phi) is 4.09. The highest BCUT2D eigenvalue weighted by Crippen LogP contribution is 2.18. The summed E-state index contributed by atoms with van der Waals surface area (Å²) in [6.45, 7) is 1.99. The van der Waals surface area contributed by atoms with Crippen LogP contribution in [0.3, 0.4) is 0 Å². The van der Waals surface area contributed by atoms with Gasteiger partial charge in [0.25, 0.3) is 0 Å². The van der Waals surface area contributed by atoms with Crippen molar-refractivity contribution in [1.29, 1.82) is 0 Å². The molecule has 1 unspecified atom stereocenters. The zero-order valence-electron chi connectivity index (χ0n) is 9.14. The van der Waals surface area contributed by atoms with Gasteiger partial charge in [0.15, 0.2) is 5.15 Å². The second kappa shape index (κ2) is 5.57. The molecule has 16 heavy (non-hydrogen) atoms. The van der Waals surface area contributed by atoms with Crippen molar-refractivity contribution in [2.24, 2.45) is 0 Å². The van der Waals surface area contributed by atoms with Crippen LogP contribution in [-0.2, 0) is 6.54 Å². The first kappa shape index (κ1) is 11.8. The molecule has 88 valence electrons. The summed E-state index contributed by atoms with van der Waals surface area (Å²) in [6, 6.07) is 3.91. The van der Waals surface area contributed by atoms with E-state index >= 15 is 0 Å². The number of halogens is 1.